The molecule has 2 unspecified atom stereocenters. The van der Waals surface area contributed by atoms with Crippen molar-refractivity contribution >= 4 is 6.09 Å². The first-order chi connectivity index (χ1) is 9.61. The number of nitrogens with zero attached hydrogens (tertiary/aromatic N) is 1. The Kier molecular flexibility index (Phi) is 4.26. The largest absolute Gasteiger partial charge is 0.444 e. The minimum atomic E-state index is -0.433. The number of fused-ring (bicyclic) bond motifs is 2. The van der Waals surface area contributed by atoms with Crippen LogP contribution >= 0.6 is 0 Å². The Labute approximate surface area is 128 Å². The molecule has 4 heteroatoms. The minimum Gasteiger partial charge on any atom is -0.444 e. The van der Waals surface area contributed by atoms with Gasteiger partial charge in [0.2, 0.25) is 0 Å². The predicted octanol–water partition coefficient (Wildman–Crippen LogP) is 2.92. The summed E-state index contributed by atoms with van der Waals surface area (Å²) in [5, 5.41) is 3.54. The fourth-order valence-electron chi connectivity index (χ4n) is 3.46. The fourth-order valence-corrected chi connectivity index (χ4v) is 3.46. The van der Waals surface area contributed by atoms with Gasteiger partial charge in [0, 0.05) is 18.1 Å². The van der Waals surface area contributed by atoms with Crippen LogP contribution < -0.4 is 5.32 Å². The summed E-state index contributed by atoms with van der Waals surface area (Å²) in [5.74, 6) is 2.79. The monoisotopic (exact) mass is 292 g/mol. The molecule has 2 atom stereocenters. The molecule has 2 bridgehead atoms. The molecule has 2 aliphatic rings. The second kappa shape index (κ2) is 5.53. The van der Waals surface area contributed by atoms with Gasteiger partial charge in [-0.2, -0.15) is 0 Å². The predicted molar refractivity (Wildman–Crippen MR) is 84.0 cm³/mol. The molecule has 0 aromatic heterocycles. The van der Waals surface area contributed by atoms with Crippen molar-refractivity contribution in [3.8, 4) is 12.3 Å². The summed E-state index contributed by atoms with van der Waals surface area (Å²) >= 11 is 0. The molecular weight excluding hydrogens is 264 g/mol. The molecular formula is C17H28N2O2. The van der Waals surface area contributed by atoms with Gasteiger partial charge in [-0.25, -0.2) is 4.79 Å². The van der Waals surface area contributed by atoms with E-state index in [0.717, 1.165) is 25.7 Å². The highest BCUT2D eigenvalue weighted by Gasteiger charge is 2.45. The molecule has 2 fully saturated rings. The molecule has 2 heterocycles. The van der Waals surface area contributed by atoms with Crippen molar-refractivity contribution < 1.29 is 9.53 Å². The summed E-state index contributed by atoms with van der Waals surface area (Å²) in [4.78, 5) is 14.3. The Morgan fingerprint density at radius 3 is 2.14 bits per heavy atom. The van der Waals surface area contributed by atoms with Gasteiger partial charge in [-0.15, -0.1) is 6.42 Å². The van der Waals surface area contributed by atoms with Crippen molar-refractivity contribution in [2.45, 2.75) is 89.6 Å². The summed E-state index contributed by atoms with van der Waals surface area (Å²) in [6.07, 6.45) is 9.45. The van der Waals surface area contributed by atoms with Crippen molar-refractivity contribution in [3.05, 3.63) is 0 Å². The van der Waals surface area contributed by atoms with E-state index < -0.39 is 5.60 Å². The number of hydrogen-bond donors (Lipinski definition) is 1. The van der Waals surface area contributed by atoms with E-state index in [9.17, 15) is 4.79 Å². The second-order valence-electron chi connectivity index (χ2n) is 7.85. The third kappa shape index (κ3) is 3.91. The van der Waals surface area contributed by atoms with Crippen LogP contribution in [0, 0.1) is 12.3 Å². The van der Waals surface area contributed by atoms with E-state index in [1.165, 1.54) is 0 Å². The molecule has 2 saturated heterocycles. The van der Waals surface area contributed by atoms with Gasteiger partial charge in [-0.3, -0.25) is 5.32 Å². The number of terminal acetylenes is 1. The maximum absolute atomic E-state index is 12.4. The zero-order chi connectivity index (χ0) is 15.8. The lowest BCUT2D eigenvalue weighted by Crippen LogP contribution is -2.55. The van der Waals surface area contributed by atoms with Crippen LogP contribution in [0.5, 0.6) is 0 Å². The Morgan fingerprint density at radius 2 is 1.71 bits per heavy atom. The molecule has 0 aromatic carbocycles. The maximum Gasteiger partial charge on any atom is 0.410 e. The molecule has 2 aliphatic heterocycles. The van der Waals surface area contributed by atoms with Crippen molar-refractivity contribution in [2.75, 3.05) is 0 Å². The summed E-state index contributed by atoms with van der Waals surface area (Å²) in [5.41, 5.74) is -0.727. The van der Waals surface area contributed by atoms with Crippen molar-refractivity contribution in [3.63, 3.8) is 0 Å². The third-order valence-corrected chi connectivity index (χ3v) is 4.26. The number of hydrogen-bond acceptors (Lipinski definition) is 3. The van der Waals surface area contributed by atoms with Gasteiger partial charge in [-0.1, -0.05) is 5.92 Å². The Bertz CT molecular complexity index is 431. The van der Waals surface area contributed by atoms with Crippen LogP contribution in [-0.2, 0) is 4.74 Å². The van der Waals surface area contributed by atoms with Crippen LogP contribution in [0.2, 0.25) is 0 Å². The summed E-state index contributed by atoms with van der Waals surface area (Å²) in [6, 6.07) is 0.946. The number of rotatable bonds is 2. The number of ether oxygens (including phenoxy) is 1. The molecule has 21 heavy (non-hydrogen) atoms. The van der Waals surface area contributed by atoms with Crippen LogP contribution in [0.4, 0.5) is 4.79 Å². The minimum absolute atomic E-state index is 0.162. The number of carbonyl (C=O) groups is 1. The SMILES string of the molecule is C#CC(C)(C)NC1CC2CCC(C1)N2C(=O)OC(C)(C)C. The molecule has 0 radical (unpaired) electrons. The zero-order valence-electron chi connectivity index (χ0n) is 13.9. The lowest BCUT2D eigenvalue weighted by Gasteiger charge is -2.41. The van der Waals surface area contributed by atoms with Crippen LogP contribution in [0.1, 0.15) is 60.3 Å². The van der Waals surface area contributed by atoms with Crippen LogP contribution in [0.3, 0.4) is 0 Å². The quantitative estimate of drug-likeness (QED) is 0.796. The fraction of sp³-hybridized carbons (Fsp3) is 0.824. The van der Waals surface area contributed by atoms with E-state index in [-0.39, 0.29) is 23.7 Å². The van der Waals surface area contributed by atoms with Crippen LogP contribution in [0.15, 0.2) is 0 Å². The number of piperidine rings is 1. The van der Waals surface area contributed by atoms with Crippen LogP contribution in [0.25, 0.3) is 0 Å². The standard InChI is InChI=1S/C17H28N2O2/c1-7-17(5,6)18-12-10-13-8-9-14(11-12)19(13)15(20)21-16(2,3)4/h1,12-14,18H,8-11H2,2-6H3. The van der Waals surface area contributed by atoms with E-state index in [0.29, 0.717) is 6.04 Å². The first-order valence-corrected chi connectivity index (χ1v) is 7.88. The Hall–Kier alpha value is -1.21. The van der Waals surface area contributed by atoms with Gasteiger partial charge >= 0.3 is 6.09 Å². The third-order valence-electron chi connectivity index (χ3n) is 4.26. The lowest BCUT2D eigenvalue weighted by molar-refractivity contribution is 0.00408. The van der Waals surface area contributed by atoms with Gasteiger partial charge in [0.05, 0.1) is 5.54 Å². The zero-order valence-corrected chi connectivity index (χ0v) is 13.9. The highest BCUT2D eigenvalue weighted by atomic mass is 16.6. The Morgan fingerprint density at radius 1 is 1.19 bits per heavy atom. The van der Waals surface area contributed by atoms with Gasteiger partial charge in [0.15, 0.2) is 0 Å². The molecule has 2 rings (SSSR count). The average Bonchev–Trinajstić information content (AvgIpc) is 2.59. The molecule has 0 spiro atoms. The highest BCUT2D eigenvalue weighted by Crippen LogP contribution is 2.37. The summed E-state index contributed by atoms with van der Waals surface area (Å²) in [7, 11) is 0. The average molecular weight is 292 g/mol. The number of amides is 1. The lowest BCUT2D eigenvalue weighted by atomic mass is 9.94. The van der Waals surface area contributed by atoms with Gasteiger partial charge < -0.3 is 9.64 Å². The highest BCUT2D eigenvalue weighted by molar-refractivity contribution is 5.69. The molecule has 1 amide bonds. The van der Waals surface area contributed by atoms with Crippen molar-refractivity contribution in [2.24, 2.45) is 0 Å². The molecule has 118 valence electrons. The summed E-state index contributed by atoms with van der Waals surface area (Å²) in [6.45, 7) is 9.79. The normalized spacial score (nSPS) is 29.1. The first kappa shape index (κ1) is 16.2. The number of carbonyl (C=O) groups excluding carboxylic acids is 1. The number of nitrogens with one attached hydrogen (secondary N) is 1. The molecule has 0 saturated carbocycles. The Balaban J connectivity index is 2.00. The maximum atomic E-state index is 12.4. The molecule has 0 aliphatic carbocycles. The molecule has 4 nitrogen and oxygen atoms in total. The van der Waals surface area contributed by atoms with E-state index >= 15 is 0 Å². The van der Waals surface area contributed by atoms with Crippen LogP contribution in [-0.4, -0.2) is 40.3 Å². The van der Waals surface area contributed by atoms with E-state index in [4.69, 9.17) is 11.2 Å². The van der Waals surface area contributed by atoms with E-state index in [2.05, 4.69) is 11.2 Å². The van der Waals surface area contributed by atoms with Gasteiger partial charge in [-0.05, 0) is 60.3 Å². The van der Waals surface area contributed by atoms with Crippen molar-refractivity contribution in [1.29, 1.82) is 0 Å². The van der Waals surface area contributed by atoms with E-state index in [1.807, 2.05) is 39.5 Å². The van der Waals surface area contributed by atoms with Crippen molar-refractivity contribution in [1.82, 2.24) is 10.2 Å². The molecule has 0 aromatic rings. The molecule has 1 N–H and O–H groups in total. The smallest absolute Gasteiger partial charge is 0.410 e. The second-order valence-corrected chi connectivity index (χ2v) is 7.85. The summed E-state index contributed by atoms with van der Waals surface area (Å²) < 4.78 is 5.55. The van der Waals surface area contributed by atoms with E-state index in [1.54, 1.807) is 0 Å². The van der Waals surface area contributed by atoms with Gasteiger partial charge in [0.1, 0.15) is 5.60 Å². The van der Waals surface area contributed by atoms with Gasteiger partial charge in [0.25, 0.3) is 0 Å². The topological polar surface area (TPSA) is 41.6 Å². The first-order valence-electron chi connectivity index (χ1n) is 7.88.